The lowest BCUT2D eigenvalue weighted by molar-refractivity contribution is 0.00394. The van der Waals surface area contributed by atoms with Crippen molar-refractivity contribution in [3.8, 4) is 0 Å². The molecule has 1 aromatic heterocycles. The lowest BCUT2D eigenvalue weighted by Crippen LogP contribution is -2.44. The molecule has 0 radical (unpaired) electrons. The number of carbonyl (C=O) groups excluding carboxylic acids is 2. The Hall–Kier alpha value is -2.25. The number of methoxy groups -OCH3 is 1. The molecule has 2 rings (SSSR count). The highest BCUT2D eigenvalue weighted by Crippen LogP contribution is 2.42. The number of hydrogen-bond acceptors (Lipinski definition) is 6. The van der Waals surface area contributed by atoms with Crippen LogP contribution in [0.5, 0.6) is 0 Å². The zero-order valence-corrected chi connectivity index (χ0v) is 13.8. The van der Waals surface area contributed by atoms with Crippen molar-refractivity contribution < 1.29 is 19.1 Å². The number of carbonyl (C=O) groups is 2. The van der Waals surface area contributed by atoms with Crippen molar-refractivity contribution in [2.75, 3.05) is 12.8 Å². The second-order valence-corrected chi connectivity index (χ2v) is 6.72. The van der Waals surface area contributed by atoms with Gasteiger partial charge in [0.15, 0.2) is 5.82 Å². The lowest BCUT2D eigenvalue weighted by atomic mass is 10.0. The number of amides is 1. The summed E-state index contributed by atoms with van der Waals surface area (Å²) in [5.41, 5.74) is 5.66. The minimum Gasteiger partial charge on any atom is -0.451 e. The molecule has 0 aromatic carbocycles. The Balaban J connectivity index is 2.42. The average molecular weight is 310 g/mol. The zero-order chi connectivity index (χ0) is 16.9. The van der Waals surface area contributed by atoms with Crippen LogP contribution in [0.25, 0.3) is 0 Å². The maximum atomic E-state index is 12.4. The largest absolute Gasteiger partial charge is 0.451 e. The van der Waals surface area contributed by atoms with Crippen molar-refractivity contribution in [3.63, 3.8) is 0 Å². The Labute approximate surface area is 129 Å². The summed E-state index contributed by atoms with van der Waals surface area (Å²) in [5.74, 6) is 0.208. The molecule has 1 aromatic rings. The van der Waals surface area contributed by atoms with Gasteiger partial charge in [0.2, 0.25) is 0 Å². The topological polar surface area (TPSA) is 99.7 Å². The van der Waals surface area contributed by atoms with Gasteiger partial charge in [-0.15, -0.1) is 5.10 Å². The molecule has 0 saturated heterocycles. The highest BCUT2D eigenvalue weighted by molar-refractivity contribution is 5.76. The zero-order valence-electron chi connectivity index (χ0n) is 13.8. The molecule has 1 aliphatic heterocycles. The van der Waals surface area contributed by atoms with E-state index in [1.54, 1.807) is 20.8 Å². The van der Waals surface area contributed by atoms with Crippen molar-refractivity contribution in [2.45, 2.75) is 52.3 Å². The fourth-order valence-corrected chi connectivity index (χ4v) is 2.56. The van der Waals surface area contributed by atoms with E-state index in [0.29, 0.717) is 11.3 Å². The van der Waals surface area contributed by atoms with Crippen molar-refractivity contribution in [3.05, 3.63) is 11.3 Å². The van der Waals surface area contributed by atoms with Crippen LogP contribution >= 0.6 is 0 Å². The van der Waals surface area contributed by atoms with Gasteiger partial charge in [0.1, 0.15) is 5.60 Å². The number of nitrogens with two attached hydrogens (primary N) is 1. The Morgan fingerprint density at radius 1 is 1.27 bits per heavy atom. The summed E-state index contributed by atoms with van der Waals surface area (Å²) in [4.78, 5) is 25.8. The number of ether oxygens (including phenoxy) is 2. The minimum atomic E-state index is -0.795. The molecule has 122 valence electrons. The van der Waals surface area contributed by atoms with Gasteiger partial charge in [0, 0.05) is 5.56 Å². The van der Waals surface area contributed by atoms with Crippen LogP contribution in [0, 0.1) is 0 Å². The molecular weight excluding hydrogens is 288 g/mol. The standard InChI is InChI=1S/C14H22N4O4/c1-13(2,3)22-11(19)17-7-8-9(14(17,4)5)18(12(20)21-6)16-10(8)15/h7H2,1-6H3,(H2,15,16). The smallest absolute Gasteiger partial charge is 0.434 e. The number of hydrogen-bond donors (Lipinski definition) is 1. The second kappa shape index (κ2) is 4.89. The first-order valence-electron chi connectivity index (χ1n) is 6.96. The summed E-state index contributed by atoms with van der Waals surface area (Å²) in [6.07, 6.45) is -1.11. The van der Waals surface area contributed by atoms with E-state index in [4.69, 9.17) is 15.2 Å². The molecule has 22 heavy (non-hydrogen) atoms. The van der Waals surface area contributed by atoms with Gasteiger partial charge < -0.3 is 15.2 Å². The molecule has 2 heterocycles. The van der Waals surface area contributed by atoms with Gasteiger partial charge in [-0.1, -0.05) is 0 Å². The summed E-state index contributed by atoms with van der Waals surface area (Å²) >= 11 is 0. The molecule has 8 nitrogen and oxygen atoms in total. The molecular formula is C14H22N4O4. The summed E-state index contributed by atoms with van der Waals surface area (Å²) in [6.45, 7) is 9.25. The number of nitrogens with zero attached hydrogens (tertiary/aromatic N) is 3. The third kappa shape index (κ3) is 2.49. The Kier molecular flexibility index (Phi) is 3.59. The molecule has 0 saturated carbocycles. The summed E-state index contributed by atoms with van der Waals surface area (Å²) in [6, 6.07) is 0. The van der Waals surface area contributed by atoms with Crippen molar-refractivity contribution in [1.29, 1.82) is 0 Å². The monoisotopic (exact) mass is 310 g/mol. The average Bonchev–Trinajstić information content (AvgIpc) is 2.83. The molecule has 0 unspecified atom stereocenters. The van der Waals surface area contributed by atoms with Gasteiger partial charge in [-0.3, -0.25) is 4.90 Å². The van der Waals surface area contributed by atoms with E-state index in [0.717, 1.165) is 4.68 Å². The maximum absolute atomic E-state index is 12.4. The van der Waals surface area contributed by atoms with E-state index < -0.39 is 23.3 Å². The van der Waals surface area contributed by atoms with E-state index in [9.17, 15) is 9.59 Å². The molecule has 0 fully saturated rings. The SMILES string of the molecule is COC(=O)n1nc(N)c2c1C(C)(C)N(C(=O)OC(C)(C)C)C2. The molecule has 0 spiro atoms. The van der Waals surface area contributed by atoms with Gasteiger partial charge in [-0.05, 0) is 34.6 Å². The predicted molar refractivity (Wildman–Crippen MR) is 79.2 cm³/mol. The Bertz CT molecular complexity index is 628. The van der Waals surface area contributed by atoms with E-state index in [-0.39, 0.29) is 12.4 Å². The summed E-state index contributed by atoms with van der Waals surface area (Å²) in [7, 11) is 1.26. The highest BCUT2D eigenvalue weighted by Gasteiger charge is 2.47. The molecule has 0 bridgehead atoms. The van der Waals surface area contributed by atoms with Crippen molar-refractivity contribution >= 4 is 18.0 Å². The Morgan fingerprint density at radius 2 is 1.86 bits per heavy atom. The van der Waals surface area contributed by atoms with E-state index in [2.05, 4.69) is 5.10 Å². The molecule has 0 atom stereocenters. The first-order valence-corrected chi connectivity index (χ1v) is 6.96. The number of anilines is 1. The van der Waals surface area contributed by atoms with Gasteiger partial charge in [0.25, 0.3) is 0 Å². The normalized spacial score (nSPS) is 16.4. The number of aromatic nitrogens is 2. The van der Waals surface area contributed by atoms with Crippen LogP contribution in [0.15, 0.2) is 0 Å². The molecule has 1 amide bonds. The van der Waals surface area contributed by atoms with Crippen LogP contribution in [0.1, 0.15) is 45.9 Å². The lowest BCUT2D eigenvalue weighted by Gasteiger charge is -2.34. The number of fused-ring (bicyclic) bond motifs is 1. The van der Waals surface area contributed by atoms with Crippen LogP contribution < -0.4 is 5.73 Å². The Morgan fingerprint density at radius 3 is 2.36 bits per heavy atom. The van der Waals surface area contributed by atoms with E-state index in [1.165, 1.54) is 12.0 Å². The second-order valence-electron chi connectivity index (χ2n) is 6.72. The summed E-state index contributed by atoms with van der Waals surface area (Å²) < 4.78 is 11.2. The fourth-order valence-electron chi connectivity index (χ4n) is 2.56. The molecule has 2 N–H and O–H groups in total. The van der Waals surface area contributed by atoms with E-state index >= 15 is 0 Å². The fraction of sp³-hybridized carbons (Fsp3) is 0.643. The molecule has 0 aliphatic carbocycles. The van der Waals surface area contributed by atoms with Gasteiger partial charge >= 0.3 is 12.2 Å². The third-order valence-corrected chi connectivity index (χ3v) is 3.55. The molecule has 8 heteroatoms. The third-order valence-electron chi connectivity index (χ3n) is 3.55. The van der Waals surface area contributed by atoms with Crippen molar-refractivity contribution in [1.82, 2.24) is 14.7 Å². The maximum Gasteiger partial charge on any atom is 0.434 e. The van der Waals surface area contributed by atoms with Gasteiger partial charge in [-0.2, -0.15) is 4.68 Å². The van der Waals surface area contributed by atoms with Crippen LogP contribution in [0.4, 0.5) is 15.4 Å². The van der Waals surface area contributed by atoms with Gasteiger partial charge in [0.05, 0.1) is 24.9 Å². The number of rotatable bonds is 0. The first kappa shape index (κ1) is 16.1. The first-order chi connectivity index (χ1) is 9.99. The van der Waals surface area contributed by atoms with Crippen molar-refractivity contribution in [2.24, 2.45) is 0 Å². The predicted octanol–water partition coefficient (Wildman–Crippen LogP) is 2.07. The summed E-state index contributed by atoms with van der Waals surface area (Å²) in [5, 5.41) is 4.01. The molecule has 1 aliphatic rings. The van der Waals surface area contributed by atoms with Crippen LogP contribution in [0.2, 0.25) is 0 Å². The van der Waals surface area contributed by atoms with Crippen LogP contribution in [-0.2, 0) is 21.6 Å². The number of nitrogen functional groups attached to an aromatic ring is 1. The van der Waals surface area contributed by atoms with Crippen LogP contribution in [0.3, 0.4) is 0 Å². The minimum absolute atomic E-state index is 0.208. The van der Waals surface area contributed by atoms with E-state index in [1.807, 2.05) is 13.8 Å². The quantitative estimate of drug-likeness (QED) is 0.787. The van der Waals surface area contributed by atoms with Gasteiger partial charge in [-0.25, -0.2) is 9.59 Å². The van der Waals surface area contributed by atoms with Crippen LogP contribution in [-0.4, -0.2) is 39.6 Å². The highest BCUT2D eigenvalue weighted by atomic mass is 16.6.